The number of aliphatic hydroxyl groups excluding tert-OH is 1. The van der Waals surface area contributed by atoms with Gasteiger partial charge in [0, 0.05) is 32.3 Å². The lowest BCUT2D eigenvalue weighted by Crippen LogP contribution is -2.32. The topological polar surface area (TPSA) is 87.8 Å². The molecule has 8 heteroatoms. The summed E-state index contributed by atoms with van der Waals surface area (Å²) in [5.74, 6) is -0.133. The molecule has 2 aromatic rings. The van der Waals surface area contributed by atoms with E-state index < -0.39 is 5.91 Å². The lowest BCUT2D eigenvalue weighted by Gasteiger charge is -2.22. The van der Waals surface area contributed by atoms with Crippen molar-refractivity contribution in [2.75, 3.05) is 37.7 Å². The number of nitrogens with one attached hydrogen (secondary N) is 1. The van der Waals surface area contributed by atoms with Crippen LogP contribution in [0.4, 0.5) is 10.1 Å². The molecule has 0 fully saturated rings. The summed E-state index contributed by atoms with van der Waals surface area (Å²) >= 11 is 3.29. The number of ether oxygens (including phenoxy) is 1. The Morgan fingerprint density at radius 1 is 1.39 bits per heavy atom. The van der Waals surface area contributed by atoms with Crippen molar-refractivity contribution in [1.82, 2.24) is 5.32 Å². The third-order valence-electron chi connectivity index (χ3n) is 5.36. The fraction of sp³-hybridized carbons (Fsp3) is 0.435. The third kappa shape index (κ3) is 6.18. The zero-order chi connectivity index (χ0) is 22.4. The molecule has 1 unspecified atom stereocenters. The van der Waals surface area contributed by atoms with Gasteiger partial charge in [0.1, 0.15) is 18.2 Å². The van der Waals surface area contributed by atoms with Crippen molar-refractivity contribution in [2.24, 2.45) is 5.73 Å². The number of carbonyl (C=O) groups excluding carboxylic acids is 1. The van der Waals surface area contributed by atoms with Gasteiger partial charge in [-0.15, -0.1) is 0 Å². The number of hydrogen-bond acceptors (Lipinski definition) is 5. The van der Waals surface area contributed by atoms with Gasteiger partial charge in [0.25, 0.3) is 5.91 Å². The Kier molecular flexibility index (Phi) is 8.28. The molecule has 31 heavy (non-hydrogen) atoms. The average molecular weight is 494 g/mol. The number of fused-ring (bicyclic) bond motifs is 1. The molecule has 1 aliphatic heterocycles. The predicted molar refractivity (Wildman–Crippen MR) is 123 cm³/mol. The summed E-state index contributed by atoms with van der Waals surface area (Å²) in [7, 11) is 0. The first-order valence-electron chi connectivity index (χ1n) is 10.5. The molecule has 0 bridgehead atoms. The molecule has 0 aromatic heterocycles. The molecule has 3 rings (SSSR count). The van der Waals surface area contributed by atoms with E-state index in [2.05, 4.69) is 39.1 Å². The second-order valence-electron chi connectivity index (χ2n) is 7.81. The molecule has 1 heterocycles. The maximum atomic E-state index is 13.1. The van der Waals surface area contributed by atoms with E-state index in [1.807, 2.05) is 6.07 Å². The van der Waals surface area contributed by atoms with Crippen molar-refractivity contribution in [3.8, 4) is 5.75 Å². The summed E-state index contributed by atoms with van der Waals surface area (Å²) in [5.41, 5.74) is 9.36. The Morgan fingerprint density at radius 2 is 2.19 bits per heavy atom. The first-order valence-corrected chi connectivity index (χ1v) is 11.3. The molecule has 0 saturated heterocycles. The van der Waals surface area contributed by atoms with Gasteiger partial charge in [0.2, 0.25) is 0 Å². The maximum Gasteiger partial charge on any atom is 0.250 e. The van der Waals surface area contributed by atoms with Crippen LogP contribution in [0.15, 0.2) is 34.8 Å². The van der Waals surface area contributed by atoms with Gasteiger partial charge in [-0.2, -0.15) is 0 Å². The summed E-state index contributed by atoms with van der Waals surface area (Å²) < 4.78 is 19.4. The summed E-state index contributed by atoms with van der Waals surface area (Å²) in [4.78, 5) is 14.2. The van der Waals surface area contributed by atoms with E-state index in [-0.39, 0.29) is 18.5 Å². The van der Waals surface area contributed by atoms with Gasteiger partial charge in [-0.1, -0.05) is 6.07 Å². The van der Waals surface area contributed by atoms with Crippen LogP contribution < -0.4 is 20.7 Å². The van der Waals surface area contributed by atoms with Crippen LogP contribution in [0.1, 0.15) is 34.8 Å². The van der Waals surface area contributed by atoms with Gasteiger partial charge in [-0.05, 0) is 77.5 Å². The Bertz CT molecular complexity index is 925. The van der Waals surface area contributed by atoms with Gasteiger partial charge in [0.05, 0.1) is 15.7 Å². The van der Waals surface area contributed by atoms with E-state index >= 15 is 0 Å². The Morgan fingerprint density at radius 3 is 2.90 bits per heavy atom. The normalized spacial score (nSPS) is 13.9. The second kappa shape index (κ2) is 10.9. The number of nitrogens with two attached hydrogens (primary N) is 1. The van der Waals surface area contributed by atoms with Crippen LogP contribution in [-0.4, -0.2) is 49.9 Å². The van der Waals surface area contributed by atoms with Crippen molar-refractivity contribution in [3.05, 3.63) is 57.3 Å². The fourth-order valence-electron chi connectivity index (χ4n) is 3.97. The number of nitrogens with zero attached hydrogens (tertiary/aromatic N) is 1. The Hall–Kier alpha value is -2.16. The van der Waals surface area contributed by atoms with Gasteiger partial charge in [-0.25, -0.2) is 4.39 Å². The van der Waals surface area contributed by atoms with Crippen molar-refractivity contribution in [3.63, 3.8) is 0 Å². The summed E-state index contributed by atoms with van der Waals surface area (Å²) in [6.45, 7) is 4.84. The van der Waals surface area contributed by atoms with Crippen molar-refractivity contribution in [1.29, 1.82) is 0 Å². The highest BCUT2D eigenvalue weighted by Gasteiger charge is 2.25. The zero-order valence-corrected chi connectivity index (χ0v) is 19.3. The number of rotatable bonds is 11. The van der Waals surface area contributed by atoms with Gasteiger partial charge < -0.3 is 25.8 Å². The summed E-state index contributed by atoms with van der Waals surface area (Å²) in [6, 6.07) is 8.56. The Balaban J connectivity index is 1.57. The number of halogens is 2. The molecule has 4 N–H and O–H groups in total. The summed E-state index contributed by atoms with van der Waals surface area (Å²) in [6.07, 6.45) is 2.29. The van der Waals surface area contributed by atoms with Gasteiger partial charge in [0.15, 0.2) is 0 Å². The van der Waals surface area contributed by atoms with E-state index in [9.17, 15) is 9.18 Å². The van der Waals surface area contributed by atoms with Crippen LogP contribution >= 0.6 is 15.9 Å². The highest BCUT2D eigenvalue weighted by molar-refractivity contribution is 9.10. The quantitative estimate of drug-likeness (QED) is 0.418. The standard InChI is InChI=1S/C23H29BrFN3O3/c1-15(27-6-10-31-21-4-3-18(25)14-20(21)24)11-16-12-17-5-8-28(7-2-9-29)22(17)19(13-16)23(26)30/h3-4,12-15,27,29H,2,5-11H2,1H3,(H2,26,30). The molecular weight excluding hydrogens is 465 g/mol. The number of aliphatic hydroxyl groups is 1. The molecule has 6 nitrogen and oxygen atoms in total. The number of carbonyl (C=O) groups is 1. The number of amides is 1. The number of benzene rings is 2. The smallest absolute Gasteiger partial charge is 0.250 e. The highest BCUT2D eigenvalue weighted by Crippen LogP contribution is 2.33. The minimum absolute atomic E-state index is 0.126. The first kappa shape index (κ1) is 23.5. The molecule has 1 atom stereocenters. The van der Waals surface area contributed by atoms with Crippen LogP contribution in [0.3, 0.4) is 0 Å². The number of hydrogen-bond donors (Lipinski definition) is 3. The second-order valence-corrected chi connectivity index (χ2v) is 8.67. The monoisotopic (exact) mass is 493 g/mol. The third-order valence-corrected chi connectivity index (χ3v) is 5.98. The highest BCUT2D eigenvalue weighted by atomic mass is 79.9. The minimum atomic E-state index is -0.423. The predicted octanol–water partition coefficient (Wildman–Crippen LogP) is 3.03. The molecule has 0 radical (unpaired) electrons. The summed E-state index contributed by atoms with van der Waals surface area (Å²) in [5, 5.41) is 12.5. The molecule has 0 saturated carbocycles. The number of anilines is 1. The molecule has 2 aromatic carbocycles. The number of primary amides is 1. The largest absolute Gasteiger partial charge is 0.491 e. The van der Waals surface area contributed by atoms with Crippen molar-refractivity contribution < 1.29 is 19.0 Å². The van der Waals surface area contributed by atoms with Crippen LogP contribution in [0.5, 0.6) is 5.75 Å². The molecule has 1 aliphatic rings. The van der Waals surface area contributed by atoms with E-state index in [0.717, 1.165) is 36.2 Å². The van der Waals surface area contributed by atoms with Gasteiger partial charge in [-0.3, -0.25) is 4.79 Å². The molecule has 168 valence electrons. The first-order chi connectivity index (χ1) is 14.9. The van der Waals surface area contributed by atoms with Crippen molar-refractivity contribution in [2.45, 2.75) is 32.2 Å². The maximum absolute atomic E-state index is 13.1. The lowest BCUT2D eigenvalue weighted by molar-refractivity contribution is 0.100. The van der Waals surface area contributed by atoms with E-state index in [4.69, 9.17) is 15.6 Å². The van der Waals surface area contributed by atoms with E-state index in [1.165, 1.54) is 12.1 Å². The fourth-order valence-corrected chi connectivity index (χ4v) is 4.43. The Labute approximate surface area is 190 Å². The van der Waals surface area contributed by atoms with Gasteiger partial charge >= 0.3 is 0 Å². The van der Waals surface area contributed by atoms with Crippen LogP contribution in [0, 0.1) is 5.82 Å². The average Bonchev–Trinajstić information content (AvgIpc) is 3.13. The lowest BCUT2D eigenvalue weighted by atomic mass is 9.98. The SMILES string of the molecule is CC(Cc1cc2c(c(C(N)=O)c1)N(CCCO)CC2)NCCOc1ccc(F)cc1Br. The molecule has 1 amide bonds. The van der Waals surface area contributed by atoms with Crippen LogP contribution in [-0.2, 0) is 12.8 Å². The van der Waals surface area contributed by atoms with E-state index in [1.54, 1.807) is 6.07 Å². The zero-order valence-electron chi connectivity index (χ0n) is 17.7. The molecule has 0 aliphatic carbocycles. The molecular formula is C23H29BrFN3O3. The van der Waals surface area contributed by atoms with Crippen LogP contribution in [0.25, 0.3) is 0 Å². The minimum Gasteiger partial charge on any atom is -0.491 e. The van der Waals surface area contributed by atoms with Crippen LogP contribution in [0.2, 0.25) is 0 Å². The molecule has 0 spiro atoms. The van der Waals surface area contributed by atoms with E-state index in [0.29, 0.717) is 41.9 Å². The van der Waals surface area contributed by atoms with Crippen molar-refractivity contribution >= 4 is 27.5 Å².